The van der Waals surface area contributed by atoms with Crippen molar-refractivity contribution in [2.45, 2.75) is 6.42 Å². The first-order valence-electron chi connectivity index (χ1n) is 5.00. The minimum atomic E-state index is 0.608. The summed E-state index contributed by atoms with van der Waals surface area (Å²) in [7, 11) is 1.69. The van der Waals surface area contributed by atoms with Crippen molar-refractivity contribution in [1.29, 1.82) is 0 Å². The van der Waals surface area contributed by atoms with Gasteiger partial charge in [0, 0.05) is 11.5 Å². The van der Waals surface area contributed by atoms with E-state index in [9.17, 15) is 0 Å². The monoisotopic (exact) mass is 314 g/mol. The Kier molecular flexibility index (Phi) is 2.16. The second kappa shape index (κ2) is 3.40. The largest absolute Gasteiger partial charge is 0.493 e. The Labute approximate surface area is 102 Å². The molecule has 0 aromatic heterocycles. The number of halogens is 1. The lowest BCUT2D eigenvalue weighted by atomic mass is 9.79. The Hall–Kier alpha value is -0.710. The molecule has 2 nitrogen and oxygen atoms in total. The molecular weight excluding hydrogens is 303 g/mol. The standard InChI is InChI=1S/C12H11IO2/c1-14-10-4-2-3-8-11-7(5-9(11)13)6-15-12(8)10/h2-4,7H,5-6H2,1H3. The van der Waals surface area contributed by atoms with E-state index in [0.29, 0.717) is 5.92 Å². The van der Waals surface area contributed by atoms with E-state index in [2.05, 4.69) is 28.7 Å². The van der Waals surface area contributed by atoms with Gasteiger partial charge in [0.2, 0.25) is 0 Å². The van der Waals surface area contributed by atoms with E-state index in [1.54, 1.807) is 7.11 Å². The maximum atomic E-state index is 5.77. The zero-order valence-electron chi connectivity index (χ0n) is 8.42. The third-order valence-corrected chi connectivity index (χ3v) is 4.07. The van der Waals surface area contributed by atoms with Gasteiger partial charge >= 0.3 is 0 Å². The number of para-hydroxylation sites is 1. The molecule has 1 atom stereocenters. The molecule has 0 radical (unpaired) electrons. The van der Waals surface area contributed by atoms with Gasteiger partial charge in [0.25, 0.3) is 0 Å². The van der Waals surface area contributed by atoms with E-state index in [-0.39, 0.29) is 0 Å². The van der Waals surface area contributed by atoms with Crippen molar-refractivity contribution in [1.82, 2.24) is 0 Å². The molecule has 0 bridgehead atoms. The molecule has 1 aliphatic heterocycles. The van der Waals surface area contributed by atoms with Gasteiger partial charge in [-0.05, 0) is 44.2 Å². The molecule has 0 fully saturated rings. The van der Waals surface area contributed by atoms with E-state index in [1.807, 2.05) is 12.1 Å². The smallest absolute Gasteiger partial charge is 0.168 e. The van der Waals surface area contributed by atoms with Crippen LogP contribution < -0.4 is 9.47 Å². The minimum Gasteiger partial charge on any atom is -0.493 e. The Balaban J connectivity index is 2.19. The second-order valence-corrected chi connectivity index (χ2v) is 5.17. The Morgan fingerprint density at radius 2 is 2.33 bits per heavy atom. The summed E-state index contributed by atoms with van der Waals surface area (Å²) in [5.41, 5.74) is 2.69. The first-order chi connectivity index (χ1) is 7.31. The van der Waals surface area contributed by atoms with E-state index >= 15 is 0 Å². The molecule has 0 N–H and O–H groups in total. The van der Waals surface area contributed by atoms with Crippen LogP contribution in [0.15, 0.2) is 21.8 Å². The average Bonchev–Trinajstić information content (AvgIpc) is 2.25. The third-order valence-electron chi connectivity index (χ3n) is 3.04. The zero-order valence-corrected chi connectivity index (χ0v) is 10.6. The maximum absolute atomic E-state index is 5.77. The molecule has 1 heterocycles. The van der Waals surface area contributed by atoms with Crippen LogP contribution in [0, 0.1) is 5.92 Å². The maximum Gasteiger partial charge on any atom is 0.168 e. The summed E-state index contributed by atoms with van der Waals surface area (Å²) in [6.07, 6.45) is 1.17. The molecule has 1 unspecified atom stereocenters. The van der Waals surface area contributed by atoms with Crippen molar-refractivity contribution in [2.24, 2.45) is 5.92 Å². The second-order valence-electron chi connectivity index (χ2n) is 3.87. The average molecular weight is 314 g/mol. The van der Waals surface area contributed by atoms with Gasteiger partial charge in [-0.1, -0.05) is 12.1 Å². The Morgan fingerprint density at radius 3 is 3.07 bits per heavy atom. The van der Waals surface area contributed by atoms with Crippen molar-refractivity contribution in [3.8, 4) is 11.5 Å². The fourth-order valence-corrected chi connectivity index (χ4v) is 3.51. The summed E-state index contributed by atoms with van der Waals surface area (Å²) in [5.74, 6) is 2.37. The molecule has 1 aromatic carbocycles. The van der Waals surface area contributed by atoms with E-state index in [0.717, 1.165) is 18.1 Å². The lowest BCUT2D eigenvalue weighted by molar-refractivity contribution is 0.245. The van der Waals surface area contributed by atoms with Crippen LogP contribution in [0.5, 0.6) is 11.5 Å². The molecule has 3 heteroatoms. The quantitative estimate of drug-likeness (QED) is 0.741. The molecule has 0 saturated carbocycles. The fraction of sp³-hybridized carbons (Fsp3) is 0.333. The van der Waals surface area contributed by atoms with Crippen LogP contribution in [0.4, 0.5) is 0 Å². The topological polar surface area (TPSA) is 18.5 Å². The highest BCUT2D eigenvalue weighted by molar-refractivity contribution is 14.1. The fourth-order valence-electron chi connectivity index (χ4n) is 2.25. The molecule has 3 rings (SSSR count). The molecule has 0 amide bonds. The van der Waals surface area contributed by atoms with Crippen LogP contribution in [0.25, 0.3) is 5.57 Å². The third kappa shape index (κ3) is 1.29. The van der Waals surface area contributed by atoms with Gasteiger partial charge in [-0.15, -0.1) is 0 Å². The molecule has 2 aliphatic rings. The number of benzene rings is 1. The van der Waals surface area contributed by atoms with Crippen molar-refractivity contribution < 1.29 is 9.47 Å². The van der Waals surface area contributed by atoms with E-state index in [4.69, 9.17) is 9.47 Å². The molecule has 1 aromatic rings. The van der Waals surface area contributed by atoms with Gasteiger partial charge in [0.05, 0.1) is 13.7 Å². The highest BCUT2D eigenvalue weighted by atomic mass is 127. The van der Waals surface area contributed by atoms with Crippen molar-refractivity contribution in [3.05, 3.63) is 27.3 Å². The van der Waals surface area contributed by atoms with Crippen LogP contribution >= 0.6 is 22.6 Å². The molecular formula is C12H11IO2. The summed E-state index contributed by atoms with van der Waals surface area (Å²) in [4.78, 5) is 0. The highest BCUT2D eigenvalue weighted by Gasteiger charge is 2.35. The first-order valence-corrected chi connectivity index (χ1v) is 6.08. The Bertz CT molecular complexity index is 451. The van der Waals surface area contributed by atoms with Gasteiger partial charge in [-0.3, -0.25) is 0 Å². The number of rotatable bonds is 1. The van der Waals surface area contributed by atoms with Crippen LogP contribution in [-0.4, -0.2) is 13.7 Å². The van der Waals surface area contributed by atoms with Crippen LogP contribution in [0.2, 0.25) is 0 Å². The van der Waals surface area contributed by atoms with Crippen LogP contribution in [0.3, 0.4) is 0 Å². The summed E-state index contributed by atoms with van der Waals surface area (Å²) in [6.45, 7) is 0.801. The van der Waals surface area contributed by atoms with Crippen molar-refractivity contribution in [2.75, 3.05) is 13.7 Å². The van der Waals surface area contributed by atoms with E-state index < -0.39 is 0 Å². The highest BCUT2D eigenvalue weighted by Crippen LogP contribution is 2.52. The number of fused-ring (bicyclic) bond motifs is 3. The molecule has 1 aliphatic carbocycles. The predicted molar refractivity (Wildman–Crippen MR) is 67.5 cm³/mol. The molecule has 0 spiro atoms. The van der Waals surface area contributed by atoms with Gasteiger partial charge in [0.1, 0.15) is 0 Å². The number of allylic oxidation sites excluding steroid dienone is 1. The predicted octanol–water partition coefficient (Wildman–Crippen LogP) is 3.25. The van der Waals surface area contributed by atoms with Crippen molar-refractivity contribution >= 4 is 28.2 Å². The lowest BCUT2D eigenvalue weighted by Crippen LogP contribution is -2.26. The SMILES string of the molecule is COc1cccc2c1OCC1CC(I)=C21. The summed E-state index contributed by atoms with van der Waals surface area (Å²) in [6, 6.07) is 6.10. The number of hydrogen-bond donors (Lipinski definition) is 0. The summed E-state index contributed by atoms with van der Waals surface area (Å²) >= 11 is 2.43. The van der Waals surface area contributed by atoms with Gasteiger partial charge < -0.3 is 9.47 Å². The Morgan fingerprint density at radius 1 is 1.47 bits per heavy atom. The van der Waals surface area contributed by atoms with Gasteiger partial charge in [-0.25, -0.2) is 0 Å². The number of ether oxygens (including phenoxy) is 2. The van der Waals surface area contributed by atoms with Crippen LogP contribution in [-0.2, 0) is 0 Å². The normalized spacial score (nSPS) is 22.4. The minimum absolute atomic E-state index is 0.608. The van der Waals surface area contributed by atoms with Gasteiger partial charge in [0.15, 0.2) is 11.5 Å². The number of hydrogen-bond acceptors (Lipinski definition) is 2. The van der Waals surface area contributed by atoms with Crippen LogP contribution in [0.1, 0.15) is 12.0 Å². The summed E-state index contributed by atoms with van der Waals surface area (Å²) in [5, 5.41) is 0. The number of methoxy groups -OCH3 is 1. The van der Waals surface area contributed by atoms with Crippen molar-refractivity contribution in [3.63, 3.8) is 0 Å². The van der Waals surface area contributed by atoms with E-state index in [1.165, 1.54) is 21.1 Å². The first kappa shape index (κ1) is 9.51. The molecule has 0 saturated heterocycles. The molecule has 78 valence electrons. The summed E-state index contributed by atoms with van der Waals surface area (Å²) < 4.78 is 12.5. The lowest BCUT2D eigenvalue weighted by Gasteiger charge is -2.36. The molecule has 15 heavy (non-hydrogen) atoms. The zero-order chi connectivity index (χ0) is 10.4. The van der Waals surface area contributed by atoms with Gasteiger partial charge in [-0.2, -0.15) is 0 Å².